The van der Waals surface area contributed by atoms with Crippen LogP contribution in [0.3, 0.4) is 0 Å². The normalized spacial score (nSPS) is 13.9. The Labute approximate surface area is 632 Å². The molecular weight excluding hydrogens is 1340 g/mol. The molecule has 0 aliphatic rings. The molecule has 3 N–H and O–H groups in total. The fraction of sp³-hybridized carbons (Fsp3) is 0.952. The van der Waals surface area contributed by atoms with E-state index in [2.05, 4.69) is 48.5 Å². The van der Waals surface area contributed by atoms with Gasteiger partial charge in [0, 0.05) is 25.7 Å². The van der Waals surface area contributed by atoms with E-state index in [-0.39, 0.29) is 25.7 Å². The van der Waals surface area contributed by atoms with Gasteiger partial charge in [-0.25, -0.2) is 9.13 Å². The summed E-state index contributed by atoms with van der Waals surface area (Å²) in [4.78, 5) is 73.1. The van der Waals surface area contributed by atoms with Crippen LogP contribution in [0.2, 0.25) is 0 Å². The number of hydrogen-bond acceptors (Lipinski definition) is 15. The van der Waals surface area contributed by atoms with Crippen LogP contribution < -0.4 is 0 Å². The first-order chi connectivity index (χ1) is 49.7. The van der Waals surface area contributed by atoms with Crippen molar-refractivity contribution in [3.63, 3.8) is 0 Å². The van der Waals surface area contributed by atoms with Gasteiger partial charge < -0.3 is 33.8 Å². The average molecular weight is 1510 g/mol. The van der Waals surface area contributed by atoms with Crippen LogP contribution in [0.1, 0.15) is 440 Å². The third-order valence-corrected chi connectivity index (χ3v) is 21.5. The van der Waals surface area contributed by atoms with Crippen molar-refractivity contribution < 1.29 is 80.2 Å². The van der Waals surface area contributed by atoms with Crippen molar-refractivity contribution in [3.05, 3.63) is 0 Å². The summed E-state index contributed by atoms with van der Waals surface area (Å²) < 4.78 is 68.8. The van der Waals surface area contributed by atoms with E-state index < -0.39 is 97.5 Å². The smallest absolute Gasteiger partial charge is 0.462 e. The Morgan fingerprint density at radius 3 is 0.660 bits per heavy atom. The van der Waals surface area contributed by atoms with Crippen LogP contribution in [-0.4, -0.2) is 96.7 Å². The van der Waals surface area contributed by atoms with Crippen LogP contribution in [0.25, 0.3) is 0 Å². The van der Waals surface area contributed by atoms with Gasteiger partial charge in [-0.3, -0.25) is 37.3 Å². The molecule has 0 saturated carbocycles. The Hall–Kier alpha value is -1.94. The van der Waals surface area contributed by atoms with Gasteiger partial charge in [-0.15, -0.1) is 0 Å². The first kappa shape index (κ1) is 101. The van der Waals surface area contributed by atoms with Crippen LogP contribution in [0, 0.1) is 17.8 Å². The number of aliphatic hydroxyl groups is 1. The summed E-state index contributed by atoms with van der Waals surface area (Å²) in [5, 5.41) is 10.7. The second-order valence-electron chi connectivity index (χ2n) is 31.6. The molecule has 0 radical (unpaired) electrons. The summed E-state index contributed by atoms with van der Waals surface area (Å²) in [7, 11) is -9.93. The highest BCUT2D eigenvalue weighted by molar-refractivity contribution is 7.47. The highest BCUT2D eigenvalue weighted by atomic mass is 31.2. The van der Waals surface area contributed by atoms with Gasteiger partial charge in [0.05, 0.1) is 26.4 Å². The molecule has 0 fully saturated rings. The number of ether oxygens (including phenoxy) is 4. The summed E-state index contributed by atoms with van der Waals surface area (Å²) in [5.41, 5.74) is 0. The molecule has 5 atom stereocenters. The molecule has 0 aromatic heterocycles. The van der Waals surface area contributed by atoms with Crippen molar-refractivity contribution in [2.45, 2.75) is 458 Å². The number of carbonyl (C=O) groups excluding carboxylic acids is 4. The molecule has 0 aromatic rings. The Morgan fingerprint density at radius 2 is 0.447 bits per heavy atom. The van der Waals surface area contributed by atoms with Gasteiger partial charge in [0.2, 0.25) is 0 Å². The number of phosphoric ester groups is 2. The van der Waals surface area contributed by atoms with Gasteiger partial charge in [0.25, 0.3) is 0 Å². The zero-order valence-corrected chi connectivity index (χ0v) is 69.6. The van der Waals surface area contributed by atoms with E-state index in [1.165, 1.54) is 244 Å². The van der Waals surface area contributed by atoms with Crippen LogP contribution >= 0.6 is 15.6 Å². The second kappa shape index (κ2) is 74.2. The second-order valence-corrected chi connectivity index (χ2v) is 34.6. The minimum Gasteiger partial charge on any atom is -0.462 e. The molecule has 0 aliphatic heterocycles. The molecular formula is C84H164O17P2. The number of hydrogen-bond donors (Lipinski definition) is 3. The standard InChI is InChI=1S/C84H164O17P2/c1-8-9-10-11-12-13-14-15-16-17-21-28-33-38-45-53-60-68-84(89)101-80(72-95-82(87)66-59-52-47-40-43-50-57-64-77(6)7)74-99-103(92,93)97-70-78(85)69-96-102(90,91)98-73-79(71-94-81(86)65-58-51-44-37-32-27-24-23-26-31-36-42-49-56-63-76(4)5)100-83(88)67-61-54-46-39-34-29-22-19-18-20-25-30-35-41-48-55-62-75(2)3/h75-80,85H,8-74H2,1-7H3,(H,90,91)(H,92,93)/t78-,79-,80-/m1/s1. The summed E-state index contributed by atoms with van der Waals surface area (Å²) in [5.74, 6) is 0.206. The minimum absolute atomic E-state index is 0.108. The van der Waals surface area contributed by atoms with Crippen LogP contribution in [-0.2, 0) is 65.4 Å². The molecule has 103 heavy (non-hydrogen) atoms. The van der Waals surface area contributed by atoms with Crippen molar-refractivity contribution in [1.29, 1.82) is 0 Å². The van der Waals surface area contributed by atoms with E-state index in [0.717, 1.165) is 108 Å². The largest absolute Gasteiger partial charge is 0.472 e. The zero-order chi connectivity index (χ0) is 75.8. The van der Waals surface area contributed by atoms with E-state index in [1.807, 2.05) is 0 Å². The lowest BCUT2D eigenvalue weighted by molar-refractivity contribution is -0.161. The Kier molecular flexibility index (Phi) is 72.8. The number of esters is 4. The van der Waals surface area contributed by atoms with Crippen molar-refractivity contribution in [1.82, 2.24) is 0 Å². The van der Waals surface area contributed by atoms with Crippen LogP contribution in [0.4, 0.5) is 0 Å². The van der Waals surface area contributed by atoms with E-state index in [9.17, 15) is 43.2 Å². The molecule has 0 bridgehead atoms. The van der Waals surface area contributed by atoms with Crippen molar-refractivity contribution >= 4 is 39.5 Å². The van der Waals surface area contributed by atoms with E-state index in [1.54, 1.807) is 0 Å². The monoisotopic (exact) mass is 1510 g/mol. The number of rotatable bonds is 82. The molecule has 612 valence electrons. The van der Waals surface area contributed by atoms with Gasteiger partial charge >= 0.3 is 39.5 Å². The summed E-state index contributed by atoms with van der Waals surface area (Å²) in [6.07, 6.45) is 63.9. The predicted molar refractivity (Wildman–Crippen MR) is 423 cm³/mol. The molecule has 17 nitrogen and oxygen atoms in total. The first-order valence-corrected chi connectivity index (χ1v) is 46.3. The maximum atomic E-state index is 13.1. The molecule has 2 unspecified atom stereocenters. The lowest BCUT2D eigenvalue weighted by Gasteiger charge is -2.21. The summed E-state index contributed by atoms with van der Waals surface area (Å²) in [6.45, 7) is 12.0. The summed E-state index contributed by atoms with van der Waals surface area (Å²) in [6, 6.07) is 0. The van der Waals surface area contributed by atoms with Crippen molar-refractivity contribution in [3.8, 4) is 0 Å². The maximum absolute atomic E-state index is 13.1. The highest BCUT2D eigenvalue weighted by Gasteiger charge is 2.30. The van der Waals surface area contributed by atoms with Crippen molar-refractivity contribution in [2.75, 3.05) is 39.6 Å². The van der Waals surface area contributed by atoms with E-state index >= 15 is 0 Å². The lowest BCUT2D eigenvalue weighted by atomic mass is 10.0. The highest BCUT2D eigenvalue weighted by Crippen LogP contribution is 2.45. The Morgan fingerprint density at radius 1 is 0.262 bits per heavy atom. The summed E-state index contributed by atoms with van der Waals surface area (Å²) >= 11 is 0. The molecule has 0 saturated heterocycles. The molecule has 0 spiro atoms. The average Bonchev–Trinajstić information content (AvgIpc) is 0.947. The molecule has 0 aliphatic carbocycles. The third-order valence-electron chi connectivity index (χ3n) is 19.6. The zero-order valence-electron chi connectivity index (χ0n) is 67.8. The van der Waals surface area contributed by atoms with E-state index in [0.29, 0.717) is 31.6 Å². The molecule has 0 heterocycles. The number of aliphatic hydroxyl groups excluding tert-OH is 1. The van der Waals surface area contributed by atoms with Gasteiger partial charge in [-0.1, -0.05) is 389 Å². The van der Waals surface area contributed by atoms with Gasteiger partial charge in [0.15, 0.2) is 12.2 Å². The van der Waals surface area contributed by atoms with Crippen LogP contribution in [0.15, 0.2) is 0 Å². The van der Waals surface area contributed by atoms with E-state index in [4.69, 9.17) is 37.0 Å². The first-order valence-electron chi connectivity index (χ1n) is 43.3. The Bertz CT molecular complexity index is 1990. The van der Waals surface area contributed by atoms with Gasteiger partial charge in [-0.05, 0) is 43.4 Å². The molecule has 0 aromatic carbocycles. The van der Waals surface area contributed by atoms with Crippen molar-refractivity contribution in [2.24, 2.45) is 17.8 Å². The Balaban J connectivity index is 5.24. The molecule has 0 rings (SSSR count). The topological polar surface area (TPSA) is 237 Å². The predicted octanol–water partition coefficient (Wildman–Crippen LogP) is 25.3. The van der Waals surface area contributed by atoms with Gasteiger partial charge in [-0.2, -0.15) is 0 Å². The molecule has 0 amide bonds. The quantitative estimate of drug-likeness (QED) is 0.0222. The third kappa shape index (κ3) is 78.0. The fourth-order valence-electron chi connectivity index (χ4n) is 13.0. The minimum atomic E-state index is -4.96. The van der Waals surface area contributed by atoms with Crippen LogP contribution in [0.5, 0.6) is 0 Å². The molecule has 19 heteroatoms. The SMILES string of the molecule is CCCCCCCCCCCCCCCCCCCC(=O)O[C@H](COC(=O)CCCCCCCCCC(C)C)COP(=O)(O)OC[C@H](O)COP(=O)(O)OC[C@@H](COC(=O)CCCCCCCCCCCCCCCCC(C)C)OC(=O)CCCCCCCCCCCCCCCCCCC(C)C. The lowest BCUT2D eigenvalue weighted by Crippen LogP contribution is -2.30. The number of carbonyl (C=O) groups is 4. The number of phosphoric acid groups is 2. The van der Waals surface area contributed by atoms with Gasteiger partial charge in [0.1, 0.15) is 19.3 Å². The maximum Gasteiger partial charge on any atom is 0.472 e. The fourth-order valence-corrected chi connectivity index (χ4v) is 14.6. The number of unbranched alkanes of at least 4 members (excludes halogenated alkanes) is 50.